The van der Waals surface area contributed by atoms with Crippen molar-refractivity contribution in [2.75, 3.05) is 6.54 Å². The van der Waals surface area contributed by atoms with E-state index in [1.807, 2.05) is 0 Å². The second-order valence-electron chi connectivity index (χ2n) is 6.31. The van der Waals surface area contributed by atoms with E-state index in [-0.39, 0.29) is 0 Å². The monoisotopic (exact) mass is 243 g/mol. The van der Waals surface area contributed by atoms with Crippen LogP contribution in [0, 0.1) is 17.8 Å². The first-order valence-corrected chi connectivity index (χ1v) is 7.63. The molecule has 1 saturated heterocycles. The van der Waals surface area contributed by atoms with Gasteiger partial charge >= 0.3 is 0 Å². The highest BCUT2D eigenvalue weighted by Crippen LogP contribution is 2.42. The van der Waals surface area contributed by atoms with Gasteiger partial charge in [-0.25, -0.2) is 0 Å². The van der Waals surface area contributed by atoms with Gasteiger partial charge in [0.1, 0.15) is 0 Å². The van der Waals surface area contributed by atoms with Crippen LogP contribution in [0.1, 0.15) is 50.6 Å². The van der Waals surface area contributed by atoms with Crippen molar-refractivity contribution in [3.8, 4) is 0 Å². The van der Waals surface area contributed by atoms with Crippen molar-refractivity contribution in [2.45, 2.75) is 45.1 Å². The lowest BCUT2D eigenvalue weighted by Crippen LogP contribution is -2.26. The Bertz CT molecular complexity index is 364. The first-order valence-electron chi connectivity index (χ1n) is 7.63. The summed E-state index contributed by atoms with van der Waals surface area (Å²) in [5.41, 5.74) is 1.50. The molecule has 1 N–H and O–H groups in total. The second-order valence-corrected chi connectivity index (χ2v) is 6.31. The van der Waals surface area contributed by atoms with Crippen LogP contribution in [-0.2, 0) is 0 Å². The molecule has 1 aromatic carbocycles. The molecule has 1 aliphatic carbocycles. The van der Waals surface area contributed by atoms with Crippen molar-refractivity contribution in [1.29, 1.82) is 0 Å². The topological polar surface area (TPSA) is 12.0 Å². The second kappa shape index (κ2) is 5.44. The van der Waals surface area contributed by atoms with E-state index in [0.29, 0.717) is 6.04 Å². The van der Waals surface area contributed by atoms with Gasteiger partial charge in [0, 0.05) is 6.04 Å². The van der Waals surface area contributed by atoms with E-state index < -0.39 is 0 Å². The highest BCUT2D eigenvalue weighted by molar-refractivity contribution is 5.21. The molecule has 98 valence electrons. The van der Waals surface area contributed by atoms with E-state index in [2.05, 4.69) is 42.6 Å². The van der Waals surface area contributed by atoms with E-state index in [4.69, 9.17) is 0 Å². The molecule has 2 unspecified atom stereocenters. The van der Waals surface area contributed by atoms with E-state index in [9.17, 15) is 0 Å². The summed E-state index contributed by atoms with van der Waals surface area (Å²) in [7, 11) is 0. The van der Waals surface area contributed by atoms with Crippen LogP contribution in [0.2, 0.25) is 0 Å². The average molecular weight is 243 g/mol. The molecule has 18 heavy (non-hydrogen) atoms. The van der Waals surface area contributed by atoms with E-state index in [0.717, 1.165) is 17.8 Å². The molecule has 1 nitrogen and oxygen atoms in total. The predicted molar refractivity (Wildman–Crippen MR) is 76.4 cm³/mol. The maximum atomic E-state index is 3.73. The molecule has 1 saturated carbocycles. The number of rotatable bonds is 2. The Balaban J connectivity index is 1.71. The van der Waals surface area contributed by atoms with Crippen LogP contribution in [0.3, 0.4) is 0 Å². The third-order valence-electron chi connectivity index (χ3n) is 5.09. The summed E-state index contributed by atoms with van der Waals surface area (Å²) < 4.78 is 0. The molecule has 2 fully saturated rings. The summed E-state index contributed by atoms with van der Waals surface area (Å²) in [6, 6.07) is 11.7. The number of hydrogen-bond donors (Lipinski definition) is 1. The Labute approximate surface area is 111 Å². The van der Waals surface area contributed by atoms with Gasteiger partial charge in [0.15, 0.2) is 0 Å². The van der Waals surface area contributed by atoms with Gasteiger partial charge in [0.2, 0.25) is 0 Å². The van der Waals surface area contributed by atoms with Crippen molar-refractivity contribution >= 4 is 0 Å². The zero-order chi connectivity index (χ0) is 12.4. The highest BCUT2D eigenvalue weighted by Gasteiger charge is 2.35. The minimum atomic E-state index is 0.615. The Morgan fingerprint density at radius 2 is 1.67 bits per heavy atom. The van der Waals surface area contributed by atoms with Gasteiger partial charge in [-0.05, 0) is 49.1 Å². The number of benzene rings is 1. The summed E-state index contributed by atoms with van der Waals surface area (Å²) in [5, 5.41) is 3.73. The van der Waals surface area contributed by atoms with Gasteiger partial charge in [-0.2, -0.15) is 0 Å². The molecule has 0 amide bonds. The standard InChI is InChI=1S/C17H25N/c1-13-7-9-14(10-8-13)16-11-12-18-17(16)15-5-3-2-4-6-15/h2-6,13-14,16-18H,7-12H2,1H3. The Morgan fingerprint density at radius 3 is 2.39 bits per heavy atom. The number of nitrogens with one attached hydrogen (secondary N) is 1. The van der Waals surface area contributed by atoms with Crippen molar-refractivity contribution in [3.05, 3.63) is 35.9 Å². The van der Waals surface area contributed by atoms with Gasteiger partial charge in [0.25, 0.3) is 0 Å². The molecule has 1 heteroatoms. The van der Waals surface area contributed by atoms with Crippen LogP contribution in [0.15, 0.2) is 30.3 Å². The molecule has 3 rings (SSSR count). The Kier molecular flexibility index (Phi) is 3.69. The lowest BCUT2D eigenvalue weighted by molar-refractivity contribution is 0.198. The summed E-state index contributed by atoms with van der Waals surface area (Å²) in [5.74, 6) is 2.80. The molecule has 1 aromatic rings. The van der Waals surface area contributed by atoms with E-state index in [1.54, 1.807) is 0 Å². The normalized spacial score (nSPS) is 36.7. The fraction of sp³-hybridized carbons (Fsp3) is 0.647. The minimum absolute atomic E-state index is 0.615. The first-order chi connectivity index (χ1) is 8.84. The molecule has 2 atom stereocenters. The molecule has 2 aliphatic rings. The highest BCUT2D eigenvalue weighted by atomic mass is 15.0. The molecule has 0 radical (unpaired) electrons. The molecule has 0 bridgehead atoms. The molecule has 0 spiro atoms. The fourth-order valence-electron chi connectivity index (χ4n) is 3.97. The van der Waals surface area contributed by atoms with Crippen LogP contribution in [0.4, 0.5) is 0 Å². The van der Waals surface area contributed by atoms with Crippen LogP contribution >= 0.6 is 0 Å². The van der Waals surface area contributed by atoms with Gasteiger partial charge in [-0.15, -0.1) is 0 Å². The summed E-state index contributed by atoms with van der Waals surface area (Å²) in [4.78, 5) is 0. The van der Waals surface area contributed by atoms with Crippen LogP contribution in [0.25, 0.3) is 0 Å². The summed E-state index contributed by atoms with van der Waals surface area (Å²) in [6.07, 6.45) is 7.18. The lowest BCUT2D eigenvalue weighted by atomic mass is 9.73. The van der Waals surface area contributed by atoms with Crippen molar-refractivity contribution in [2.24, 2.45) is 17.8 Å². The predicted octanol–water partition coefficient (Wildman–Crippen LogP) is 4.16. The SMILES string of the molecule is CC1CCC(C2CCNC2c2ccccc2)CC1. The zero-order valence-electron chi connectivity index (χ0n) is 11.4. The first kappa shape index (κ1) is 12.2. The molecular formula is C17H25N. The van der Waals surface area contributed by atoms with Gasteiger partial charge < -0.3 is 5.32 Å². The maximum absolute atomic E-state index is 3.73. The number of hydrogen-bond acceptors (Lipinski definition) is 1. The largest absolute Gasteiger partial charge is 0.310 e. The molecule has 1 aliphatic heterocycles. The third kappa shape index (κ3) is 2.47. The van der Waals surface area contributed by atoms with E-state index in [1.165, 1.54) is 44.2 Å². The Morgan fingerprint density at radius 1 is 0.944 bits per heavy atom. The van der Waals surface area contributed by atoms with Gasteiger partial charge in [-0.1, -0.05) is 50.1 Å². The lowest BCUT2D eigenvalue weighted by Gasteiger charge is -2.33. The van der Waals surface area contributed by atoms with Gasteiger partial charge in [-0.3, -0.25) is 0 Å². The maximum Gasteiger partial charge on any atom is 0.0351 e. The molecule has 0 aromatic heterocycles. The van der Waals surface area contributed by atoms with Crippen LogP contribution in [0.5, 0.6) is 0 Å². The smallest absolute Gasteiger partial charge is 0.0351 e. The van der Waals surface area contributed by atoms with E-state index >= 15 is 0 Å². The van der Waals surface area contributed by atoms with Crippen molar-refractivity contribution in [1.82, 2.24) is 5.32 Å². The molecule has 1 heterocycles. The third-order valence-corrected chi connectivity index (χ3v) is 5.09. The average Bonchev–Trinajstić information content (AvgIpc) is 2.90. The summed E-state index contributed by atoms with van der Waals surface area (Å²) in [6.45, 7) is 3.62. The summed E-state index contributed by atoms with van der Waals surface area (Å²) >= 11 is 0. The van der Waals surface area contributed by atoms with Crippen molar-refractivity contribution in [3.63, 3.8) is 0 Å². The van der Waals surface area contributed by atoms with Crippen LogP contribution < -0.4 is 5.32 Å². The minimum Gasteiger partial charge on any atom is -0.310 e. The fourth-order valence-corrected chi connectivity index (χ4v) is 3.97. The quantitative estimate of drug-likeness (QED) is 0.822. The Hall–Kier alpha value is -0.820. The zero-order valence-corrected chi connectivity index (χ0v) is 11.4. The van der Waals surface area contributed by atoms with Gasteiger partial charge in [0.05, 0.1) is 0 Å². The van der Waals surface area contributed by atoms with Crippen LogP contribution in [-0.4, -0.2) is 6.54 Å². The van der Waals surface area contributed by atoms with Crippen molar-refractivity contribution < 1.29 is 0 Å². The molecular weight excluding hydrogens is 218 g/mol.